The number of hydrogen-bond donors (Lipinski definition) is 3. The second kappa shape index (κ2) is 5.89. The number of likely N-dealkylation sites (tertiary alicyclic amines) is 1. The minimum Gasteiger partial charge on any atom is -0.390 e. The number of rotatable bonds is 3. The van der Waals surface area contributed by atoms with E-state index >= 15 is 0 Å². The smallest absolute Gasteiger partial charge is 0.317 e. The Morgan fingerprint density at radius 1 is 1.36 bits per heavy atom. The van der Waals surface area contributed by atoms with Gasteiger partial charge in [0.15, 0.2) is 0 Å². The quantitative estimate of drug-likeness (QED) is 0.784. The molecule has 1 unspecified atom stereocenters. The molecule has 1 aromatic carbocycles. The van der Waals surface area contributed by atoms with Crippen LogP contribution in [0, 0.1) is 5.92 Å². The number of amides is 2. The molecule has 0 spiro atoms. The van der Waals surface area contributed by atoms with Gasteiger partial charge in [-0.3, -0.25) is 0 Å². The van der Waals surface area contributed by atoms with Crippen molar-refractivity contribution in [3.05, 3.63) is 35.4 Å². The van der Waals surface area contributed by atoms with E-state index < -0.39 is 5.60 Å². The van der Waals surface area contributed by atoms with E-state index in [9.17, 15) is 9.90 Å². The van der Waals surface area contributed by atoms with E-state index in [-0.39, 0.29) is 18.0 Å². The molecule has 0 saturated carbocycles. The Kier molecular flexibility index (Phi) is 4.10. The molecule has 2 heterocycles. The molecule has 3 rings (SSSR count). The summed E-state index contributed by atoms with van der Waals surface area (Å²) in [6.07, 6.45) is 0.947. The lowest BCUT2D eigenvalue weighted by molar-refractivity contribution is -0.0457. The molecule has 1 atom stereocenters. The number of aliphatic hydroxyl groups is 1. The van der Waals surface area contributed by atoms with Crippen LogP contribution in [0.25, 0.3) is 0 Å². The van der Waals surface area contributed by atoms with Crippen LogP contribution >= 0.6 is 0 Å². The van der Waals surface area contributed by atoms with Gasteiger partial charge in [-0.1, -0.05) is 24.3 Å². The molecular formula is C17H25N3O2. The van der Waals surface area contributed by atoms with Crippen LogP contribution in [-0.4, -0.2) is 47.3 Å². The third kappa shape index (κ3) is 3.25. The van der Waals surface area contributed by atoms with Crippen molar-refractivity contribution in [1.29, 1.82) is 0 Å². The van der Waals surface area contributed by atoms with Crippen LogP contribution in [-0.2, 0) is 13.0 Å². The first kappa shape index (κ1) is 15.3. The average molecular weight is 303 g/mol. The monoisotopic (exact) mass is 303 g/mol. The van der Waals surface area contributed by atoms with Crippen molar-refractivity contribution in [2.24, 2.45) is 5.92 Å². The summed E-state index contributed by atoms with van der Waals surface area (Å²) >= 11 is 0. The van der Waals surface area contributed by atoms with Crippen molar-refractivity contribution >= 4 is 6.03 Å². The van der Waals surface area contributed by atoms with E-state index in [0.717, 1.165) is 13.0 Å². The third-order valence-electron chi connectivity index (χ3n) is 4.83. The molecule has 0 aliphatic carbocycles. The number of urea groups is 1. The Hall–Kier alpha value is -1.59. The summed E-state index contributed by atoms with van der Waals surface area (Å²) < 4.78 is 0. The van der Waals surface area contributed by atoms with E-state index in [1.54, 1.807) is 18.7 Å². The van der Waals surface area contributed by atoms with Crippen LogP contribution in [0.4, 0.5) is 4.79 Å². The van der Waals surface area contributed by atoms with E-state index in [0.29, 0.717) is 19.6 Å². The lowest BCUT2D eigenvalue weighted by atomic mass is 9.85. The maximum atomic E-state index is 12.1. The molecule has 22 heavy (non-hydrogen) atoms. The molecule has 1 fully saturated rings. The van der Waals surface area contributed by atoms with Crippen molar-refractivity contribution in [3.8, 4) is 0 Å². The van der Waals surface area contributed by atoms with Gasteiger partial charge in [-0.2, -0.15) is 0 Å². The molecule has 3 N–H and O–H groups in total. The lowest BCUT2D eigenvalue weighted by Crippen LogP contribution is -2.60. The molecule has 2 aliphatic heterocycles. The summed E-state index contributed by atoms with van der Waals surface area (Å²) in [5.41, 5.74) is 2.01. The van der Waals surface area contributed by atoms with Crippen LogP contribution in [0.3, 0.4) is 0 Å². The maximum absolute atomic E-state index is 12.1. The predicted octanol–water partition coefficient (Wildman–Crippen LogP) is 1.11. The Balaban J connectivity index is 1.44. The zero-order chi connectivity index (χ0) is 15.7. The van der Waals surface area contributed by atoms with Gasteiger partial charge in [0.25, 0.3) is 0 Å². The number of nitrogens with zero attached hydrogens (tertiary/aromatic N) is 1. The SMILES string of the molecule is CC(C)(O)C1CN(C(=O)NCC2Cc3ccccc3CN2)C1. The molecule has 0 bridgehead atoms. The highest BCUT2D eigenvalue weighted by Crippen LogP contribution is 2.26. The topological polar surface area (TPSA) is 64.6 Å². The fourth-order valence-corrected chi connectivity index (χ4v) is 3.08. The Bertz CT molecular complexity index is 547. The highest BCUT2D eigenvalue weighted by molar-refractivity contribution is 5.75. The number of benzene rings is 1. The fourth-order valence-electron chi connectivity index (χ4n) is 3.08. The van der Waals surface area contributed by atoms with Crippen LogP contribution in [0.1, 0.15) is 25.0 Å². The number of carbonyl (C=O) groups is 1. The van der Waals surface area contributed by atoms with Crippen LogP contribution in [0.15, 0.2) is 24.3 Å². The maximum Gasteiger partial charge on any atom is 0.317 e. The van der Waals surface area contributed by atoms with E-state index in [1.807, 2.05) is 0 Å². The van der Waals surface area contributed by atoms with Gasteiger partial charge in [0.05, 0.1) is 5.60 Å². The minimum atomic E-state index is -0.703. The molecule has 2 amide bonds. The molecular weight excluding hydrogens is 278 g/mol. The first-order chi connectivity index (χ1) is 10.4. The Morgan fingerprint density at radius 2 is 2.05 bits per heavy atom. The standard InChI is InChI=1S/C17H25N3O2/c1-17(2,22)14-10-20(11-14)16(21)19-9-15-7-12-5-3-4-6-13(12)8-18-15/h3-6,14-15,18,22H,7-11H2,1-2H3,(H,19,21). The zero-order valence-electron chi connectivity index (χ0n) is 13.3. The summed E-state index contributed by atoms with van der Waals surface area (Å²) in [4.78, 5) is 13.9. The minimum absolute atomic E-state index is 0.0267. The van der Waals surface area contributed by atoms with Crippen LogP contribution in [0.5, 0.6) is 0 Å². The van der Waals surface area contributed by atoms with E-state index in [1.165, 1.54) is 11.1 Å². The van der Waals surface area contributed by atoms with Gasteiger partial charge in [-0.15, -0.1) is 0 Å². The summed E-state index contributed by atoms with van der Waals surface area (Å²) in [6, 6.07) is 8.69. The first-order valence-electron chi connectivity index (χ1n) is 7.99. The van der Waals surface area contributed by atoms with Gasteiger partial charge in [-0.05, 0) is 31.4 Å². The molecule has 2 aliphatic rings. The number of fused-ring (bicyclic) bond motifs is 1. The van der Waals surface area contributed by atoms with Crippen molar-refractivity contribution in [1.82, 2.24) is 15.5 Å². The van der Waals surface area contributed by atoms with Crippen molar-refractivity contribution in [2.75, 3.05) is 19.6 Å². The molecule has 1 saturated heterocycles. The van der Waals surface area contributed by atoms with Crippen LogP contribution in [0.2, 0.25) is 0 Å². The van der Waals surface area contributed by atoms with Gasteiger partial charge in [0.1, 0.15) is 0 Å². The van der Waals surface area contributed by atoms with Crippen molar-refractivity contribution < 1.29 is 9.90 Å². The Morgan fingerprint density at radius 3 is 2.73 bits per heavy atom. The molecule has 0 aromatic heterocycles. The predicted molar refractivity (Wildman–Crippen MR) is 85.5 cm³/mol. The summed E-state index contributed by atoms with van der Waals surface area (Å²) in [5, 5.41) is 16.4. The van der Waals surface area contributed by atoms with Gasteiger partial charge in [0.2, 0.25) is 0 Å². The third-order valence-corrected chi connectivity index (χ3v) is 4.83. The summed E-state index contributed by atoms with van der Waals surface area (Å²) in [5.74, 6) is 0.179. The highest BCUT2D eigenvalue weighted by Gasteiger charge is 2.39. The number of nitrogens with one attached hydrogen (secondary N) is 2. The van der Waals surface area contributed by atoms with Gasteiger partial charge >= 0.3 is 6.03 Å². The van der Waals surface area contributed by atoms with Gasteiger partial charge in [-0.25, -0.2) is 4.79 Å². The largest absolute Gasteiger partial charge is 0.390 e. The Labute approximate surface area is 131 Å². The normalized spacial score (nSPS) is 22.0. The van der Waals surface area contributed by atoms with Gasteiger partial charge in [0, 0.05) is 38.1 Å². The van der Waals surface area contributed by atoms with E-state index in [4.69, 9.17) is 0 Å². The molecule has 5 nitrogen and oxygen atoms in total. The summed E-state index contributed by atoms with van der Waals surface area (Å²) in [6.45, 7) is 6.37. The van der Waals surface area contributed by atoms with E-state index in [2.05, 4.69) is 34.9 Å². The van der Waals surface area contributed by atoms with Crippen LogP contribution < -0.4 is 10.6 Å². The van der Waals surface area contributed by atoms with Crippen molar-refractivity contribution in [2.45, 2.75) is 38.5 Å². The number of hydrogen-bond acceptors (Lipinski definition) is 3. The summed E-state index contributed by atoms with van der Waals surface area (Å²) in [7, 11) is 0. The second-order valence-electron chi connectivity index (χ2n) is 6.99. The lowest BCUT2D eigenvalue weighted by Gasteiger charge is -2.45. The molecule has 120 valence electrons. The molecule has 1 aromatic rings. The average Bonchev–Trinajstić information content (AvgIpc) is 2.41. The molecule has 0 radical (unpaired) electrons. The second-order valence-corrected chi connectivity index (χ2v) is 6.99. The highest BCUT2D eigenvalue weighted by atomic mass is 16.3. The zero-order valence-corrected chi connectivity index (χ0v) is 13.3. The fraction of sp³-hybridized carbons (Fsp3) is 0.588. The van der Waals surface area contributed by atoms with Gasteiger partial charge < -0.3 is 20.6 Å². The molecule has 5 heteroatoms. The van der Waals surface area contributed by atoms with Crippen molar-refractivity contribution in [3.63, 3.8) is 0 Å². The number of carbonyl (C=O) groups excluding carboxylic acids is 1. The first-order valence-corrected chi connectivity index (χ1v) is 7.99.